The maximum Gasteiger partial charge on any atom is 0.144 e. The van der Waals surface area contributed by atoms with Gasteiger partial charge in [0.25, 0.3) is 0 Å². The molecule has 0 aromatic heterocycles. The Kier molecular flexibility index (Phi) is 3.31. The molecule has 0 fully saturated rings. The molecule has 3 nitrogen and oxygen atoms in total. The van der Waals surface area contributed by atoms with Crippen LogP contribution in [0.1, 0.15) is 11.1 Å². The van der Waals surface area contributed by atoms with E-state index in [-0.39, 0.29) is 5.75 Å². The van der Waals surface area contributed by atoms with Gasteiger partial charge in [-0.1, -0.05) is 6.07 Å². The molecule has 0 saturated heterocycles. The van der Waals surface area contributed by atoms with Crippen molar-refractivity contribution in [1.29, 1.82) is 0 Å². The van der Waals surface area contributed by atoms with Crippen molar-refractivity contribution in [2.75, 3.05) is 12.4 Å². The molecule has 1 rings (SSSR count). The van der Waals surface area contributed by atoms with Crippen molar-refractivity contribution in [2.24, 2.45) is 0 Å². The van der Waals surface area contributed by atoms with Gasteiger partial charge in [-0.05, 0) is 30.2 Å². The molecule has 0 amide bonds. The summed E-state index contributed by atoms with van der Waals surface area (Å²) in [6, 6.07) is 5.71. The van der Waals surface area contributed by atoms with E-state index in [2.05, 4.69) is 5.32 Å². The number of hydrogen-bond donors (Lipinski definition) is 2. The van der Waals surface area contributed by atoms with Crippen molar-refractivity contribution in [1.82, 2.24) is 0 Å². The van der Waals surface area contributed by atoms with Crippen LogP contribution in [0.25, 0.3) is 0 Å². The van der Waals surface area contributed by atoms with Crippen molar-refractivity contribution < 1.29 is 8.42 Å². The van der Waals surface area contributed by atoms with Crippen LogP contribution < -0.4 is 5.32 Å². The first kappa shape index (κ1) is 10.1. The van der Waals surface area contributed by atoms with Crippen LogP contribution in [0.15, 0.2) is 18.2 Å². The molecular formula is C9H13NO2S. The van der Waals surface area contributed by atoms with E-state index < -0.39 is 10.7 Å². The summed E-state index contributed by atoms with van der Waals surface area (Å²) in [5, 5.41) is 2.97. The Labute approximate surface area is 79.7 Å². The van der Waals surface area contributed by atoms with Crippen LogP contribution in [0.2, 0.25) is 0 Å². The summed E-state index contributed by atoms with van der Waals surface area (Å²) in [7, 11) is -0.527. The van der Waals surface area contributed by atoms with E-state index in [0.29, 0.717) is 0 Å². The van der Waals surface area contributed by atoms with Crippen molar-refractivity contribution in [3.63, 3.8) is 0 Å². The zero-order valence-corrected chi connectivity index (χ0v) is 8.60. The van der Waals surface area contributed by atoms with E-state index >= 15 is 0 Å². The molecule has 72 valence electrons. The Morgan fingerprint density at radius 3 is 2.62 bits per heavy atom. The molecule has 4 heteroatoms. The van der Waals surface area contributed by atoms with Crippen molar-refractivity contribution >= 4 is 16.4 Å². The minimum Gasteiger partial charge on any atom is -0.388 e. The summed E-state index contributed by atoms with van der Waals surface area (Å²) < 4.78 is 21.1. The predicted octanol–water partition coefficient (Wildman–Crippen LogP) is 1.15. The summed E-state index contributed by atoms with van der Waals surface area (Å²) in [6.07, 6.45) is 0. The van der Waals surface area contributed by atoms with Crippen LogP contribution in [0, 0.1) is 6.92 Å². The van der Waals surface area contributed by atoms with E-state index in [4.69, 9.17) is 0 Å². The van der Waals surface area contributed by atoms with Gasteiger partial charge in [0.05, 0.1) is 5.75 Å². The molecule has 0 aliphatic carbocycles. The number of anilines is 1. The number of benzene rings is 1. The Bertz CT molecular complexity index is 364. The summed E-state index contributed by atoms with van der Waals surface area (Å²) in [6.45, 7) is 1.91. The monoisotopic (exact) mass is 199 g/mol. The summed E-state index contributed by atoms with van der Waals surface area (Å²) in [4.78, 5) is 0. The first-order chi connectivity index (χ1) is 6.13. The summed E-state index contributed by atoms with van der Waals surface area (Å²) in [5.41, 5.74) is 2.82. The van der Waals surface area contributed by atoms with Crippen LogP contribution in [0.3, 0.4) is 0 Å². The average molecular weight is 199 g/mol. The lowest BCUT2D eigenvalue weighted by molar-refractivity contribution is 0.614. The zero-order chi connectivity index (χ0) is 9.84. The standard InChI is InChI=1S/C9H13NO2S/c1-7-3-4-9(10-2)5-8(7)6-13(11)12/h3-5,10,13H,6H2,1-2H3. The fraction of sp³-hybridized carbons (Fsp3) is 0.333. The highest BCUT2D eigenvalue weighted by Gasteiger charge is 2.00. The smallest absolute Gasteiger partial charge is 0.144 e. The van der Waals surface area contributed by atoms with Crippen molar-refractivity contribution in [3.8, 4) is 0 Å². The first-order valence-corrected chi connectivity index (χ1v) is 5.39. The van der Waals surface area contributed by atoms with E-state index in [9.17, 15) is 8.42 Å². The molecule has 0 atom stereocenters. The molecule has 0 spiro atoms. The predicted molar refractivity (Wildman–Crippen MR) is 54.7 cm³/mol. The molecule has 1 aromatic rings. The maximum absolute atomic E-state index is 10.5. The van der Waals surface area contributed by atoms with Crippen LogP contribution in [0.4, 0.5) is 5.69 Å². The highest BCUT2D eigenvalue weighted by molar-refractivity contribution is 7.71. The van der Waals surface area contributed by atoms with E-state index in [1.165, 1.54) is 0 Å². The molecule has 1 N–H and O–H groups in total. The number of nitrogens with one attached hydrogen (secondary N) is 1. The minimum absolute atomic E-state index is 0.122. The highest BCUT2D eigenvalue weighted by atomic mass is 32.2. The van der Waals surface area contributed by atoms with Gasteiger partial charge in [0.2, 0.25) is 0 Å². The van der Waals surface area contributed by atoms with Crippen LogP contribution in [-0.2, 0) is 16.5 Å². The third kappa shape index (κ3) is 2.73. The van der Waals surface area contributed by atoms with Crippen LogP contribution >= 0.6 is 0 Å². The quantitative estimate of drug-likeness (QED) is 0.718. The molecule has 0 aliphatic rings. The number of rotatable bonds is 3. The molecule has 13 heavy (non-hydrogen) atoms. The third-order valence-corrected chi connectivity index (χ3v) is 2.54. The topological polar surface area (TPSA) is 46.2 Å². The molecule has 0 unspecified atom stereocenters. The van der Waals surface area contributed by atoms with Gasteiger partial charge < -0.3 is 5.32 Å². The Hall–Kier alpha value is -1.03. The fourth-order valence-electron chi connectivity index (χ4n) is 1.14. The second-order valence-corrected chi connectivity index (χ2v) is 3.86. The molecule has 1 aromatic carbocycles. The first-order valence-electron chi connectivity index (χ1n) is 4.02. The summed E-state index contributed by atoms with van der Waals surface area (Å²) in [5.74, 6) is 0.122. The normalized spacial score (nSPS) is 10.4. The van der Waals surface area contributed by atoms with Gasteiger partial charge in [-0.25, -0.2) is 8.42 Å². The second kappa shape index (κ2) is 4.28. The Morgan fingerprint density at radius 2 is 2.08 bits per heavy atom. The lowest BCUT2D eigenvalue weighted by atomic mass is 10.1. The molecule has 0 aliphatic heterocycles. The van der Waals surface area contributed by atoms with Gasteiger partial charge in [0.15, 0.2) is 0 Å². The van der Waals surface area contributed by atoms with E-state index in [0.717, 1.165) is 16.8 Å². The lowest BCUT2D eigenvalue weighted by Gasteiger charge is -2.05. The Balaban J connectivity index is 3.03. The van der Waals surface area contributed by atoms with Crippen molar-refractivity contribution in [2.45, 2.75) is 12.7 Å². The second-order valence-electron chi connectivity index (χ2n) is 2.88. The van der Waals surface area contributed by atoms with Crippen LogP contribution in [0.5, 0.6) is 0 Å². The summed E-state index contributed by atoms with van der Waals surface area (Å²) >= 11 is 0. The van der Waals surface area contributed by atoms with Gasteiger partial charge in [-0.15, -0.1) is 0 Å². The molecule has 0 radical (unpaired) electrons. The number of aryl methyl sites for hydroxylation is 1. The number of thiol groups is 1. The number of hydrogen-bond acceptors (Lipinski definition) is 3. The van der Waals surface area contributed by atoms with Crippen LogP contribution in [-0.4, -0.2) is 15.5 Å². The molecule has 0 bridgehead atoms. The zero-order valence-electron chi connectivity index (χ0n) is 7.70. The maximum atomic E-state index is 10.5. The van der Waals surface area contributed by atoms with Gasteiger partial charge in [0.1, 0.15) is 10.7 Å². The van der Waals surface area contributed by atoms with Gasteiger partial charge in [0, 0.05) is 12.7 Å². The molecule has 0 saturated carbocycles. The lowest BCUT2D eigenvalue weighted by Crippen LogP contribution is -1.94. The average Bonchev–Trinajstić information content (AvgIpc) is 2.08. The Morgan fingerprint density at radius 1 is 1.38 bits per heavy atom. The van der Waals surface area contributed by atoms with Gasteiger partial charge >= 0.3 is 0 Å². The van der Waals surface area contributed by atoms with Gasteiger partial charge in [-0.3, -0.25) is 0 Å². The molecule has 0 heterocycles. The SMILES string of the molecule is CNc1ccc(C)c(C[SH](=O)=O)c1. The fourth-order valence-corrected chi connectivity index (χ4v) is 1.76. The van der Waals surface area contributed by atoms with Crippen molar-refractivity contribution in [3.05, 3.63) is 29.3 Å². The van der Waals surface area contributed by atoms with E-state index in [1.807, 2.05) is 32.2 Å². The minimum atomic E-state index is -2.34. The largest absolute Gasteiger partial charge is 0.388 e. The highest BCUT2D eigenvalue weighted by Crippen LogP contribution is 2.15. The van der Waals surface area contributed by atoms with Gasteiger partial charge in [-0.2, -0.15) is 0 Å². The molecular weight excluding hydrogens is 186 g/mol. The van der Waals surface area contributed by atoms with E-state index in [1.54, 1.807) is 0 Å². The third-order valence-electron chi connectivity index (χ3n) is 1.94.